The Kier molecular flexibility index (Phi) is 11.0. The fourth-order valence-corrected chi connectivity index (χ4v) is 6.40. The van der Waals surface area contributed by atoms with Crippen LogP contribution in [0.2, 0.25) is 0 Å². The number of amides is 1. The van der Waals surface area contributed by atoms with Crippen LogP contribution in [0.3, 0.4) is 0 Å². The number of rotatable bonds is 11. The molecular weight excluding hydrogens is 551 g/mol. The normalized spacial score (nSPS) is 14.5. The highest BCUT2D eigenvalue weighted by molar-refractivity contribution is 7.89. The standard InChI is InChI=1S/C26H33FN4O4S2.ClH/c1-3-4-13-29(2)37(33,34)21-11-9-20(10-12-21)25(32)31(15-6-14-30-16-18-35-19-17-30)26-28-24-22(27)7-5-8-23(24)36-26;/h5,7-12H,3-4,6,13-19H2,1-2H3;1H. The second-order valence-electron chi connectivity index (χ2n) is 9.05. The lowest BCUT2D eigenvalue weighted by atomic mass is 10.2. The molecule has 38 heavy (non-hydrogen) atoms. The minimum Gasteiger partial charge on any atom is -0.379 e. The number of benzene rings is 2. The number of ether oxygens (including phenoxy) is 1. The van der Waals surface area contributed by atoms with Crippen LogP contribution in [-0.4, -0.2) is 81.5 Å². The van der Waals surface area contributed by atoms with Crippen molar-refractivity contribution < 1.29 is 22.3 Å². The smallest absolute Gasteiger partial charge is 0.260 e. The molecule has 12 heteroatoms. The van der Waals surface area contributed by atoms with Gasteiger partial charge in [-0.1, -0.05) is 30.7 Å². The molecule has 0 bridgehead atoms. The van der Waals surface area contributed by atoms with Gasteiger partial charge in [0, 0.05) is 45.3 Å². The number of fused-ring (bicyclic) bond motifs is 1. The summed E-state index contributed by atoms with van der Waals surface area (Å²) in [7, 11) is -2.07. The highest BCUT2D eigenvalue weighted by Crippen LogP contribution is 2.31. The van der Waals surface area contributed by atoms with Gasteiger partial charge in [0.25, 0.3) is 5.91 Å². The number of para-hydroxylation sites is 1. The second-order valence-corrected chi connectivity index (χ2v) is 12.1. The lowest BCUT2D eigenvalue weighted by molar-refractivity contribution is 0.0376. The average Bonchev–Trinajstić information content (AvgIpc) is 3.35. The van der Waals surface area contributed by atoms with E-state index in [0.717, 1.165) is 32.5 Å². The fourth-order valence-electron chi connectivity index (χ4n) is 4.19. The molecule has 0 radical (unpaired) electrons. The van der Waals surface area contributed by atoms with Gasteiger partial charge in [-0.3, -0.25) is 14.6 Å². The average molecular weight is 585 g/mol. The molecular formula is C26H34ClFN4O4S2. The molecule has 0 atom stereocenters. The Morgan fingerprint density at radius 2 is 1.82 bits per heavy atom. The summed E-state index contributed by atoms with van der Waals surface area (Å²) in [6.45, 7) is 6.74. The topological polar surface area (TPSA) is 83.1 Å². The molecule has 1 amide bonds. The number of morpholine rings is 1. The van der Waals surface area contributed by atoms with Crippen molar-refractivity contribution in [3.63, 3.8) is 0 Å². The van der Waals surface area contributed by atoms with Gasteiger partial charge in [0.15, 0.2) is 5.13 Å². The van der Waals surface area contributed by atoms with E-state index in [4.69, 9.17) is 4.74 Å². The van der Waals surface area contributed by atoms with E-state index in [1.54, 1.807) is 24.1 Å². The van der Waals surface area contributed by atoms with Gasteiger partial charge in [0.1, 0.15) is 11.3 Å². The number of hydrogen-bond donors (Lipinski definition) is 0. The van der Waals surface area contributed by atoms with E-state index in [1.807, 2.05) is 6.92 Å². The molecule has 0 saturated carbocycles. The van der Waals surface area contributed by atoms with Crippen molar-refractivity contribution in [3.05, 3.63) is 53.8 Å². The molecule has 1 aliphatic heterocycles. The number of hydrogen-bond acceptors (Lipinski definition) is 7. The number of anilines is 1. The van der Waals surface area contributed by atoms with Crippen molar-refractivity contribution in [2.75, 3.05) is 57.9 Å². The summed E-state index contributed by atoms with van der Waals surface area (Å²) >= 11 is 1.27. The van der Waals surface area contributed by atoms with Crippen molar-refractivity contribution in [2.24, 2.45) is 0 Å². The number of thiazole rings is 1. The van der Waals surface area contributed by atoms with Gasteiger partial charge in [-0.05, 0) is 49.2 Å². The monoisotopic (exact) mass is 584 g/mol. The van der Waals surface area contributed by atoms with Crippen LogP contribution in [0, 0.1) is 5.82 Å². The third-order valence-corrected chi connectivity index (χ3v) is 9.34. The van der Waals surface area contributed by atoms with Crippen LogP contribution in [0.5, 0.6) is 0 Å². The second kappa shape index (κ2) is 13.8. The van der Waals surface area contributed by atoms with Crippen molar-refractivity contribution >= 4 is 55.0 Å². The molecule has 0 aliphatic carbocycles. The highest BCUT2D eigenvalue weighted by Gasteiger charge is 2.25. The Labute approximate surface area is 233 Å². The molecule has 1 aliphatic rings. The van der Waals surface area contributed by atoms with Crippen LogP contribution in [0.25, 0.3) is 10.2 Å². The zero-order valence-corrected chi connectivity index (χ0v) is 24.1. The zero-order valence-electron chi connectivity index (χ0n) is 21.6. The van der Waals surface area contributed by atoms with Gasteiger partial charge in [-0.2, -0.15) is 0 Å². The molecule has 1 aromatic heterocycles. The first-order chi connectivity index (χ1) is 17.8. The van der Waals surface area contributed by atoms with E-state index in [9.17, 15) is 17.6 Å². The molecule has 0 spiro atoms. The number of sulfonamides is 1. The molecule has 2 heterocycles. The first-order valence-corrected chi connectivity index (χ1v) is 14.8. The Morgan fingerprint density at radius 3 is 2.47 bits per heavy atom. The molecule has 1 fully saturated rings. The van der Waals surface area contributed by atoms with Crippen molar-refractivity contribution in [1.29, 1.82) is 0 Å². The van der Waals surface area contributed by atoms with E-state index in [2.05, 4.69) is 9.88 Å². The van der Waals surface area contributed by atoms with Gasteiger partial charge >= 0.3 is 0 Å². The molecule has 8 nitrogen and oxygen atoms in total. The summed E-state index contributed by atoms with van der Waals surface area (Å²) in [5.41, 5.74) is 0.589. The Balaban J connectivity index is 0.00000400. The van der Waals surface area contributed by atoms with Crippen LogP contribution in [0.1, 0.15) is 36.5 Å². The van der Waals surface area contributed by atoms with Gasteiger partial charge in [-0.25, -0.2) is 22.1 Å². The minimum atomic E-state index is -3.63. The summed E-state index contributed by atoms with van der Waals surface area (Å²) in [5.74, 6) is -0.729. The maximum Gasteiger partial charge on any atom is 0.260 e. The van der Waals surface area contributed by atoms with E-state index < -0.39 is 15.8 Å². The number of halogens is 2. The number of carbonyl (C=O) groups is 1. The first kappa shape index (κ1) is 30.4. The van der Waals surface area contributed by atoms with E-state index >= 15 is 0 Å². The summed E-state index contributed by atoms with van der Waals surface area (Å²) in [5, 5.41) is 0.420. The SMILES string of the molecule is CCCCN(C)S(=O)(=O)c1ccc(C(=O)N(CCCN2CCOCC2)c2nc3c(F)cccc3s2)cc1.Cl. The van der Waals surface area contributed by atoms with Gasteiger partial charge < -0.3 is 4.74 Å². The minimum absolute atomic E-state index is 0. The number of nitrogens with zero attached hydrogens (tertiary/aromatic N) is 4. The number of aromatic nitrogens is 1. The van der Waals surface area contributed by atoms with Gasteiger partial charge in [0.05, 0.1) is 22.8 Å². The van der Waals surface area contributed by atoms with Crippen molar-refractivity contribution in [3.8, 4) is 0 Å². The Morgan fingerprint density at radius 1 is 1.11 bits per heavy atom. The molecule has 0 unspecified atom stereocenters. The zero-order chi connectivity index (χ0) is 26.4. The summed E-state index contributed by atoms with van der Waals surface area (Å²) in [4.78, 5) is 22.1. The third-order valence-electron chi connectivity index (χ3n) is 6.43. The number of carbonyl (C=O) groups excluding carboxylic acids is 1. The summed E-state index contributed by atoms with van der Waals surface area (Å²) in [6.07, 6.45) is 2.37. The summed E-state index contributed by atoms with van der Waals surface area (Å²) in [6, 6.07) is 10.8. The van der Waals surface area contributed by atoms with Crippen LogP contribution in [0.15, 0.2) is 47.4 Å². The maximum absolute atomic E-state index is 14.3. The van der Waals surface area contributed by atoms with Crippen LogP contribution in [-0.2, 0) is 14.8 Å². The Bertz CT molecular complexity index is 1310. The lowest BCUT2D eigenvalue weighted by Crippen LogP contribution is -2.39. The van der Waals surface area contributed by atoms with Crippen LogP contribution >= 0.6 is 23.7 Å². The lowest BCUT2D eigenvalue weighted by Gasteiger charge is -2.27. The Hall–Kier alpha value is -2.15. The molecule has 2 aromatic carbocycles. The largest absolute Gasteiger partial charge is 0.379 e. The van der Waals surface area contributed by atoms with E-state index in [-0.39, 0.29) is 28.7 Å². The first-order valence-electron chi connectivity index (χ1n) is 12.5. The predicted molar refractivity (Wildman–Crippen MR) is 152 cm³/mol. The van der Waals surface area contributed by atoms with E-state index in [0.29, 0.717) is 48.1 Å². The van der Waals surface area contributed by atoms with Gasteiger partial charge in [-0.15, -0.1) is 12.4 Å². The maximum atomic E-state index is 14.3. The molecule has 4 rings (SSSR count). The fraction of sp³-hybridized carbons (Fsp3) is 0.462. The molecule has 1 saturated heterocycles. The molecule has 208 valence electrons. The molecule has 3 aromatic rings. The van der Waals surface area contributed by atoms with Crippen LogP contribution in [0.4, 0.5) is 9.52 Å². The van der Waals surface area contributed by atoms with Crippen molar-refractivity contribution in [2.45, 2.75) is 31.1 Å². The summed E-state index contributed by atoms with van der Waals surface area (Å²) < 4.78 is 47.5. The van der Waals surface area contributed by atoms with Crippen LogP contribution < -0.4 is 4.90 Å². The predicted octanol–water partition coefficient (Wildman–Crippen LogP) is 4.65. The highest BCUT2D eigenvalue weighted by atomic mass is 35.5. The molecule has 0 N–H and O–H groups in total. The van der Waals surface area contributed by atoms with E-state index in [1.165, 1.54) is 46.0 Å². The van der Waals surface area contributed by atoms with Gasteiger partial charge in [0.2, 0.25) is 10.0 Å². The quantitative estimate of drug-likeness (QED) is 0.326. The van der Waals surface area contributed by atoms with Crippen molar-refractivity contribution in [1.82, 2.24) is 14.2 Å². The third kappa shape index (κ3) is 7.08. The number of unbranched alkanes of at least 4 members (excludes halogenated alkanes) is 1.